The summed E-state index contributed by atoms with van der Waals surface area (Å²) in [4.78, 5) is 2.11. The lowest BCUT2D eigenvalue weighted by atomic mass is 10.1. The average molecular weight is 253 g/mol. The van der Waals surface area contributed by atoms with Gasteiger partial charge in [0.25, 0.3) is 0 Å². The minimum absolute atomic E-state index is 0.205. The number of nitrogens with two attached hydrogens (primary N) is 1. The molecule has 5 heteroatoms. The highest BCUT2D eigenvalue weighted by molar-refractivity contribution is 8.00. The molecule has 1 aromatic carbocycles. The van der Waals surface area contributed by atoms with E-state index < -0.39 is 5.82 Å². The Morgan fingerprint density at radius 2 is 2.35 bits per heavy atom. The van der Waals surface area contributed by atoms with Gasteiger partial charge in [0.15, 0.2) is 0 Å². The summed E-state index contributed by atoms with van der Waals surface area (Å²) in [6, 6.07) is 4.86. The Kier molecular flexibility index (Phi) is 3.57. The van der Waals surface area contributed by atoms with Gasteiger partial charge >= 0.3 is 0 Å². The van der Waals surface area contributed by atoms with Crippen LogP contribution in [0.2, 0.25) is 0 Å². The largest absolute Gasteiger partial charge is 0.384 e. The van der Waals surface area contributed by atoms with E-state index >= 15 is 0 Å². The smallest absolute Gasteiger partial charge is 0.136 e. The molecule has 1 saturated heterocycles. The summed E-state index contributed by atoms with van der Waals surface area (Å²) in [7, 11) is 0. The number of amidine groups is 1. The first-order chi connectivity index (χ1) is 8.09. The Hall–Kier alpha value is -1.23. The van der Waals surface area contributed by atoms with Crippen molar-refractivity contribution in [2.75, 3.05) is 23.7 Å². The molecule has 1 heterocycles. The summed E-state index contributed by atoms with van der Waals surface area (Å²) < 4.78 is 13.7. The van der Waals surface area contributed by atoms with E-state index in [1.165, 1.54) is 6.07 Å². The van der Waals surface area contributed by atoms with Gasteiger partial charge in [-0.15, -0.1) is 0 Å². The number of hydrogen-bond acceptors (Lipinski definition) is 3. The molecule has 0 saturated carbocycles. The normalized spacial score (nSPS) is 20.4. The number of thioether (sulfide) groups is 1. The van der Waals surface area contributed by atoms with Crippen LogP contribution in [0.25, 0.3) is 0 Å². The zero-order valence-electron chi connectivity index (χ0n) is 9.74. The molecule has 0 radical (unpaired) electrons. The van der Waals surface area contributed by atoms with Crippen molar-refractivity contribution in [1.29, 1.82) is 5.41 Å². The molecule has 92 valence electrons. The number of benzene rings is 1. The van der Waals surface area contributed by atoms with Gasteiger partial charge < -0.3 is 10.6 Å². The lowest BCUT2D eigenvalue weighted by Gasteiger charge is -2.33. The monoisotopic (exact) mass is 253 g/mol. The van der Waals surface area contributed by atoms with E-state index in [1.807, 2.05) is 17.8 Å². The van der Waals surface area contributed by atoms with Gasteiger partial charge in [-0.25, -0.2) is 4.39 Å². The van der Waals surface area contributed by atoms with E-state index in [0.717, 1.165) is 24.5 Å². The molecule has 0 aromatic heterocycles. The molecular formula is C12H16FN3S. The SMILES string of the molecule is CC1CN(c2cccc(F)c2C(=N)N)CCS1. The van der Waals surface area contributed by atoms with E-state index in [0.29, 0.717) is 5.25 Å². The standard InChI is InChI=1S/C12H16FN3S/c1-8-7-16(5-6-17-8)10-4-2-3-9(13)11(10)12(14)15/h2-4,8H,5-7H2,1H3,(H3,14,15). The fourth-order valence-corrected chi connectivity index (χ4v) is 3.09. The van der Waals surface area contributed by atoms with Gasteiger partial charge in [0.05, 0.1) is 11.3 Å². The third-order valence-corrected chi connectivity index (χ3v) is 3.98. The lowest BCUT2D eigenvalue weighted by molar-refractivity contribution is 0.623. The van der Waals surface area contributed by atoms with Crippen LogP contribution in [-0.2, 0) is 0 Å². The molecule has 1 aliphatic heterocycles. The van der Waals surface area contributed by atoms with Crippen molar-refractivity contribution >= 4 is 23.3 Å². The number of nitrogens with zero attached hydrogens (tertiary/aromatic N) is 1. The van der Waals surface area contributed by atoms with Gasteiger partial charge in [-0.3, -0.25) is 5.41 Å². The number of nitrogen functional groups attached to an aromatic ring is 1. The van der Waals surface area contributed by atoms with Crippen LogP contribution in [0, 0.1) is 11.2 Å². The highest BCUT2D eigenvalue weighted by atomic mass is 32.2. The Bertz CT molecular complexity index is 436. The minimum Gasteiger partial charge on any atom is -0.384 e. The van der Waals surface area contributed by atoms with E-state index in [9.17, 15) is 4.39 Å². The maximum absolute atomic E-state index is 13.7. The molecule has 2 rings (SSSR count). The molecule has 1 fully saturated rings. The van der Waals surface area contributed by atoms with Gasteiger partial charge in [-0.1, -0.05) is 13.0 Å². The maximum atomic E-state index is 13.7. The first-order valence-electron chi connectivity index (χ1n) is 5.59. The van der Waals surface area contributed by atoms with Crippen LogP contribution in [0.15, 0.2) is 18.2 Å². The van der Waals surface area contributed by atoms with Gasteiger partial charge in [-0.2, -0.15) is 11.8 Å². The second-order valence-electron chi connectivity index (χ2n) is 4.18. The maximum Gasteiger partial charge on any atom is 0.136 e. The Balaban J connectivity index is 2.37. The van der Waals surface area contributed by atoms with E-state index in [1.54, 1.807) is 6.07 Å². The number of hydrogen-bond donors (Lipinski definition) is 2. The van der Waals surface area contributed by atoms with E-state index in [2.05, 4.69) is 11.8 Å². The van der Waals surface area contributed by atoms with Gasteiger partial charge in [0.1, 0.15) is 11.7 Å². The van der Waals surface area contributed by atoms with Crippen molar-refractivity contribution in [3.8, 4) is 0 Å². The summed E-state index contributed by atoms with van der Waals surface area (Å²) in [5, 5.41) is 8.01. The van der Waals surface area contributed by atoms with Gasteiger partial charge in [0.2, 0.25) is 0 Å². The van der Waals surface area contributed by atoms with Gasteiger partial charge in [0, 0.05) is 24.1 Å². The molecule has 1 unspecified atom stereocenters. The van der Waals surface area contributed by atoms with Crippen LogP contribution < -0.4 is 10.6 Å². The topological polar surface area (TPSA) is 53.1 Å². The first-order valence-corrected chi connectivity index (χ1v) is 6.64. The summed E-state index contributed by atoms with van der Waals surface area (Å²) >= 11 is 1.91. The van der Waals surface area contributed by atoms with Crippen LogP contribution in [-0.4, -0.2) is 29.9 Å². The Labute approximate surface area is 105 Å². The molecule has 1 aromatic rings. The zero-order chi connectivity index (χ0) is 12.4. The Morgan fingerprint density at radius 1 is 1.59 bits per heavy atom. The quantitative estimate of drug-likeness (QED) is 0.626. The fourth-order valence-electron chi connectivity index (χ4n) is 2.08. The summed E-state index contributed by atoms with van der Waals surface area (Å²) in [6.45, 7) is 3.90. The van der Waals surface area contributed by atoms with Crippen LogP contribution in [0.5, 0.6) is 0 Å². The van der Waals surface area contributed by atoms with Crippen LogP contribution in [0.4, 0.5) is 10.1 Å². The van der Waals surface area contributed by atoms with Crippen LogP contribution >= 0.6 is 11.8 Å². The van der Waals surface area contributed by atoms with Crippen LogP contribution in [0.1, 0.15) is 12.5 Å². The predicted octanol–water partition coefficient (Wildman–Crippen LogP) is 2.05. The van der Waals surface area contributed by atoms with Crippen molar-refractivity contribution < 1.29 is 4.39 Å². The molecule has 0 aliphatic carbocycles. The molecule has 1 atom stereocenters. The zero-order valence-corrected chi connectivity index (χ0v) is 10.6. The highest BCUT2D eigenvalue weighted by Crippen LogP contribution is 2.27. The van der Waals surface area contributed by atoms with Crippen molar-refractivity contribution in [3.05, 3.63) is 29.6 Å². The van der Waals surface area contributed by atoms with Crippen molar-refractivity contribution in [3.63, 3.8) is 0 Å². The number of halogens is 1. The third-order valence-electron chi connectivity index (χ3n) is 2.84. The third kappa shape index (κ3) is 2.54. The predicted molar refractivity (Wildman–Crippen MR) is 71.5 cm³/mol. The van der Waals surface area contributed by atoms with Crippen molar-refractivity contribution in [2.45, 2.75) is 12.2 Å². The summed E-state index contributed by atoms with van der Waals surface area (Å²) in [6.07, 6.45) is 0. The number of rotatable bonds is 2. The Morgan fingerprint density at radius 3 is 3.00 bits per heavy atom. The van der Waals surface area contributed by atoms with Crippen molar-refractivity contribution in [2.24, 2.45) is 5.73 Å². The summed E-state index contributed by atoms with van der Waals surface area (Å²) in [5.74, 6) is 0.402. The fraction of sp³-hybridized carbons (Fsp3) is 0.417. The molecule has 0 spiro atoms. The minimum atomic E-state index is -0.416. The molecular weight excluding hydrogens is 237 g/mol. The molecule has 3 nitrogen and oxygen atoms in total. The highest BCUT2D eigenvalue weighted by Gasteiger charge is 2.21. The van der Waals surface area contributed by atoms with E-state index in [4.69, 9.17) is 11.1 Å². The first kappa shape index (κ1) is 12.2. The second kappa shape index (κ2) is 4.96. The number of anilines is 1. The van der Waals surface area contributed by atoms with Crippen LogP contribution in [0.3, 0.4) is 0 Å². The second-order valence-corrected chi connectivity index (χ2v) is 5.72. The average Bonchev–Trinajstić information content (AvgIpc) is 2.28. The molecule has 17 heavy (non-hydrogen) atoms. The lowest BCUT2D eigenvalue weighted by Crippen LogP contribution is -2.38. The molecule has 3 N–H and O–H groups in total. The number of nitrogens with one attached hydrogen (secondary N) is 1. The van der Waals surface area contributed by atoms with E-state index in [-0.39, 0.29) is 11.4 Å². The van der Waals surface area contributed by atoms with Gasteiger partial charge in [-0.05, 0) is 12.1 Å². The summed E-state index contributed by atoms with van der Waals surface area (Å²) in [5.41, 5.74) is 6.44. The van der Waals surface area contributed by atoms with Crippen molar-refractivity contribution in [1.82, 2.24) is 0 Å². The molecule has 0 amide bonds. The molecule has 1 aliphatic rings. The molecule has 0 bridgehead atoms.